The maximum atomic E-state index is 5.89. The smallest absolute Gasteiger partial charge is 0.0450 e. The maximum absolute atomic E-state index is 5.89. The van der Waals surface area contributed by atoms with Gasteiger partial charge in [-0.2, -0.15) is 0 Å². The first-order valence-corrected chi connectivity index (χ1v) is 6.90. The number of nitrogens with zero attached hydrogens (tertiary/aromatic N) is 1. The van der Waals surface area contributed by atoms with Crippen LogP contribution < -0.4 is 5.73 Å². The van der Waals surface area contributed by atoms with E-state index in [-0.39, 0.29) is 0 Å². The van der Waals surface area contributed by atoms with E-state index < -0.39 is 0 Å². The van der Waals surface area contributed by atoms with E-state index in [0.717, 1.165) is 12.1 Å². The van der Waals surface area contributed by atoms with Gasteiger partial charge in [-0.1, -0.05) is 44.2 Å². The Kier molecular flexibility index (Phi) is 4.69. The van der Waals surface area contributed by atoms with Crippen molar-refractivity contribution in [2.24, 2.45) is 5.73 Å². The molecule has 1 atom stereocenters. The van der Waals surface area contributed by atoms with Gasteiger partial charge >= 0.3 is 0 Å². The first-order chi connectivity index (χ1) is 9.20. The van der Waals surface area contributed by atoms with Gasteiger partial charge < -0.3 is 5.73 Å². The Morgan fingerprint density at radius 1 is 1.05 bits per heavy atom. The number of pyridine rings is 1. The van der Waals surface area contributed by atoms with Gasteiger partial charge in [0.1, 0.15) is 0 Å². The van der Waals surface area contributed by atoms with Crippen molar-refractivity contribution in [3.63, 3.8) is 0 Å². The summed E-state index contributed by atoms with van der Waals surface area (Å²) in [4.78, 5) is 4.41. The Balaban J connectivity index is 2.10. The first kappa shape index (κ1) is 13.8. The second-order valence-electron chi connectivity index (χ2n) is 5.29. The lowest BCUT2D eigenvalue weighted by Gasteiger charge is -2.15. The van der Waals surface area contributed by atoms with E-state index in [1.54, 1.807) is 0 Å². The molecule has 0 fully saturated rings. The van der Waals surface area contributed by atoms with E-state index >= 15 is 0 Å². The van der Waals surface area contributed by atoms with Crippen LogP contribution in [-0.4, -0.2) is 11.5 Å². The molecule has 0 aliphatic rings. The molecule has 1 aromatic heterocycles. The van der Waals surface area contributed by atoms with E-state index in [9.17, 15) is 0 Å². The highest BCUT2D eigenvalue weighted by Crippen LogP contribution is 2.20. The van der Waals surface area contributed by atoms with Crippen LogP contribution in [0.5, 0.6) is 0 Å². The minimum Gasteiger partial charge on any atom is -0.330 e. The fraction of sp³-hybridized carbons (Fsp3) is 0.353. The van der Waals surface area contributed by atoms with Crippen molar-refractivity contribution in [3.8, 4) is 0 Å². The molecular formula is C17H22N2. The summed E-state index contributed by atoms with van der Waals surface area (Å²) in [5, 5.41) is 0. The highest BCUT2D eigenvalue weighted by Gasteiger charge is 2.11. The molecule has 0 aliphatic heterocycles. The number of benzene rings is 1. The minimum absolute atomic E-state index is 0.297. The Morgan fingerprint density at radius 3 is 2.32 bits per heavy atom. The minimum atomic E-state index is 0.297. The van der Waals surface area contributed by atoms with Crippen LogP contribution in [0.1, 0.15) is 42.5 Å². The summed E-state index contributed by atoms with van der Waals surface area (Å²) in [6, 6.07) is 14.9. The van der Waals surface area contributed by atoms with Gasteiger partial charge in [0.15, 0.2) is 0 Å². The molecule has 2 nitrogen and oxygen atoms in total. The van der Waals surface area contributed by atoms with Gasteiger partial charge in [-0.05, 0) is 35.6 Å². The molecular weight excluding hydrogens is 232 g/mol. The van der Waals surface area contributed by atoms with Crippen molar-refractivity contribution in [1.29, 1.82) is 0 Å². The SMILES string of the molecule is CC(C)c1ccc(CC(CN)c2ccccn2)cc1. The van der Waals surface area contributed by atoms with Crippen molar-refractivity contribution < 1.29 is 0 Å². The van der Waals surface area contributed by atoms with Crippen molar-refractivity contribution in [3.05, 3.63) is 65.5 Å². The van der Waals surface area contributed by atoms with E-state index in [1.807, 2.05) is 18.3 Å². The second kappa shape index (κ2) is 6.48. The quantitative estimate of drug-likeness (QED) is 0.887. The number of rotatable bonds is 5. The lowest BCUT2D eigenvalue weighted by molar-refractivity contribution is 0.672. The monoisotopic (exact) mass is 254 g/mol. The molecule has 0 radical (unpaired) electrons. The van der Waals surface area contributed by atoms with Crippen molar-refractivity contribution in [1.82, 2.24) is 4.98 Å². The second-order valence-corrected chi connectivity index (χ2v) is 5.29. The number of aromatic nitrogens is 1. The molecule has 1 heterocycles. The van der Waals surface area contributed by atoms with E-state index in [0.29, 0.717) is 18.4 Å². The Hall–Kier alpha value is -1.67. The third-order valence-corrected chi connectivity index (χ3v) is 3.52. The standard InChI is InChI=1S/C17H22N2/c1-13(2)15-8-6-14(7-9-15)11-16(12-18)17-5-3-4-10-19-17/h3-10,13,16H,11-12,18H2,1-2H3. The van der Waals surface area contributed by atoms with Gasteiger partial charge in [0.2, 0.25) is 0 Å². The Labute approximate surface area is 115 Å². The average Bonchev–Trinajstić information content (AvgIpc) is 2.46. The molecule has 2 heteroatoms. The summed E-state index contributed by atoms with van der Waals surface area (Å²) in [5.74, 6) is 0.876. The number of nitrogens with two attached hydrogens (primary N) is 1. The largest absolute Gasteiger partial charge is 0.330 e. The van der Waals surface area contributed by atoms with Crippen LogP contribution in [0, 0.1) is 0 Å². The summed E-state index contributed by atoms with van der Waals surface area (Å²) in [5.41, 5.74) is 9.68. The molecule has 0 bridgehead atoms. The van der Waals surface area contributed by atoms with Gasteiger partial charge in [0.05, 0.1) is 0 Å². The molecule has 0 spiro atoms. The molecule has 1 unspecified atom stereocenters. The molecule has 1 aromatic carbocycles. The number of hydrogen-bond donors (Lipinski definition) is 1. The van der Waals surface area contributed by atoms with E-state index in [4.69, 9.17) is 5.73 Å². The molecule has 2 rings (SSSR count). The molecule has 0 saturated carbocycles. The topological polar surface area (TPSA) is 38.9 Å². The summed E-state index contributed by atoms with van der Waals surface area (Å²) < 4.78 is 0. The fourth-order valence-corrected chi connectivity index (χ4v) is 2.25. The molecule has 19 heavy (non-hydrogen) atoms. The zero-order valence-corrected chi connectivity index (χ0v) is 11.7. The Bertz CT molecular complexity index is 488. The van der Waals surface area contributed by atoms with Crippen LogP contribution in [-0.2, 0) is 6.42 Å². The molecule has 100 valence electrons. The zero-order valence-electron chi connectivity index (χ0n) is 11.7. The predicted octanol–water partition coefficient (Wildman–Crippen LogP) is 3.49. The molecule has 0 saturated heterocycles. The molecule has 0 aliphatic carbocycles. The highest BCUT2D eigenvalue weighted by atomic mass is 14.7. The third-order valence-electron chi connectivity index (χ3n) is 3.52. The lowest BCUT2D eigenvalue weighted by atomic mass is 9.94. The summed E-state index contributed by atoms with van der Waals surface area (Å²) in [7, 11) is 0. The summed E-state index contributed by atoms with van der Waals surface area (Å²) in [6.07, 6.45) is 2.78. The van der Waals surface area contributed by atoms with Gasteiger partial charge in [-0.15, -0.1) is 0 Å². The van der Waals surface area contributed by atoms with Crippen LogP contribution in [0.2, 0.25) is 0 Å². The maximum Gasteiger partial charge on any atom is 0.0450 e. The van der Waals surface area contributed by atoms with Crippen molar-refractivity contribution in [2.75, 3.05) is 6.54 Å². The van der Waals surface area contributed by atoms with Crippen LogP contribution in [0.25, 0.3) is 0 Å². The third kappa shape index (κ3) is 3.65. The van der Waals surface area contributed by atoms with E-state index in [1.165, 1.54) is 11.1 Å². The van der Waals surface area contributed by atoms with Gasteiger partial charge in [-0.3, -0.25) is 4.98 Å². The fourth-order valence-electron chi connectivity index (χ4n) is 2.25. The zero-order chi connectivity index (χ0) is 13.7. The predicted molar refractivity (Wildman–Crippen MR) is 80.3 cm³/mol. The first-order valence-electron chi connectivity index (χ1n) is 6.90. The van der Waals surface area contributed by atoms with E-state index in [2.05, 4.69) is 49.2 Å². The highest BCUT2D eigenvalue weighted by molar-refractivity contribution is 5.26. The van der Waals surface area contributed by atoms with Gasteiger partial charge in [0.25, 0.3) is 0 Å². The molecule has 2 N–H and O–H groups in total. The molecule has 0 amide bonds. The van der Waals surface area contributed by atoms with Gasteiger partial charge in [-0.25, -0.2) is 0 Å². The molecule has 2 aromatic rings. The lowest BCUT2D eigenvalue weighted by Crippen LogP contribution is -2.16. The van der Waals surface area contributed by atoms with Crippen molar-refractivity contribution in [2.45, 2.75) is 32.1 Å². The van der Waals surface area contributed by atoms with Crippen LogP contribution in [0.4, 0.5) is 0 Å². The summed E-state index contributed by atoms with van der Waals surface area (Å²) >= 11 is 0. The average molecular weight is 254 g/mol. The van der Waals surface area contributed by atoms with Crippen molar-refractivity contribution >= 4 is 0 Å². The van der Waals surface area contributed by atoms with Crippen LogP contribution >= 0.6 is 0 Å². The van der Waals surface area contributed by atoms with Crippen LogP contribution in [0.15, 0.2) is 48.7 Å². The Morgan fingerprint density at radius 2 is 1.79 bits per heavy atom. The summed E-state index contributed by atoms with van der Waals surface area (Å²) in [6.45, 7) is 5.06. The van der Waals surface area contributed by atoms with Crippen LogP contribution in [0.3, 0.4) is 0 Å². The normalized spacial score (nSPS) is 12.6. The van der Waals surface area contributed by atoms with Gasteiger partial charge in [0, 0.05) is 24.4 Å². The number of hydrogen-bond acceptors (Lipinski definition) is 2.